The Morgan fingerprint density at radius 2 is 1.74 bits per heavy atom. The summed E-state index contributed by atoms with van der Waals surface area (Å²) in [6, 6.07) is 14.9. The fraction of sp³-hybridized carbons (Fsp3) is 0.0556. The van der Waals surface area contributed by atoms with E-state index in [1.165, 1.54) is 7.11 Å². The molecule has 23 heavy (non-hydrogen) atoms. The number of benzene rings is 2. The number of methoxy groups -OCH3 is 1. The minimum atomic E-state index is -0.387. The molecular weight excluding hydrogens is 356 g/mol. The highest BCUT2D eigenvalue weighted by molar-refractivity contribution is 9.10. The van der Waals surface area contributed by atoms with Crippen molar-refractivity contribution < 1.29 is 9.53 Å². The van der Waals surface area contributed by atoms with Crippen LogP contribution in [-0.4, -0.2) is 23.0 Å². The molecule has 0 aliphatic heterocycles. The number of carbonyl (C=O) groups excluding carboxylic acids is 1. The van der Waals surface area contributed by atoms with Crippen molar-refractivity contribution in [2.45, 2.75) is 0 Å². The lowest BCUT2D eigenvalue weighted by Gasteiger charge is -2.06. The predicted molar refractivity (Wildman–Crippen MR) is 95.3 cm³/mol. The van der Waals surface area contributed by atoms with Gasteiger partial charge in [-0.3, -0.25) is 0 Å². The van der Waals surface area contributed by atoms with Gasteiger partial charge in [0, 0.05) is 5.56 Å². The first-order chi connectivity index (χ1) is 11.2. The largest absolute Gasteiger partial charge is 0.465 e. The highest BCUT2D eigenvalue weighted by Gasteiger charge is 2.11. The van der Waals surface area contributed by atoms with E-state index < -0.39 is 0 Å². The predicted octanol–water partition coefficient (Wildman–Crippen LogP) is 4.65. The SMILES string of the molecule is C=C.COC(=O)c1ccc2nc(-c3ccccc3)c(Br)nc2c1. The van der Waals surface area contributed by atoms with E-state index in [1.807, 2.05) is 30.3 Å². The zero-order chi connectivity index (χ0) is 16.8. The van der Waals surface area contributed by atoms with Gasteiger partial charge in [-0.25, -0.2) is 14.8 Å². The number of hydrogen-bond acceptors (Lipinski definition) is 4. The van der Waals surface area contributed by atoms with E-state index in [0.29, 0.717) is 15.7 Å². The van der Waals surface area contributed by atoms with E-state index >= 15 is 0 Å². The van der Waals surface area contributed by atoms with Crippen LogP contribution < -0.4 is 0 Å². The molecule has 5 heteroatoms. The van der Waals surface area contributed by atoms with Gasteiger partial charge in [0.25, 0.3) is 0 Å². The van der Waals surface area contributed by atoms with E-state index in [1.54, 1.807) is 18.2 Å². The summed E-state index contributed by atoms with van der Waals surface area (Å²) in [6.45, 7) is 6.00. The van der Waals surface area contributed by atoms with Gasteiger partial charge >= 0.3 is 5.97 Å². The van der Waals surface area contributed by atoms with Gasteiger partial charge in [-0.2, -0.15) is 0 Å². The first-order valence-corrected chi connectivity index (χ1v) is 7.59. The van der Waals surface area contributed by atoms with Crippen molar-refractivity contribution in [2.75, 3.05) is 7.11 Å². The van der Waals surface area contributed by atoms with E-state index in [9.17, 15) is 4.79 Å². The minimum absolute atomic E-state index is 0.387. The lowest BCUT2D eigenvalue weighted by Crippen LogP contribution is -2.01. The van der Waals surface area contributed by atoms with Crippen LogP contribution in [0.3, 0.4) is 0 Å². The average molecular weight is 371 g/mol. The molecule has 0 bridgehead atoms. The van der Waals surface area contributed by atoms with Gasteiger partial charge < -0.3 is 4.74 Å². The molecule has 0 amide bonds. The van der Waals surface area contributed by atoms with Crippen LogP contribution in [0.1, 0.15) is 10.4 Å². The molecule has 0 N–H and O–H groups in total. The van der Waals surface area contributed by atoms with Crippen LogP contribution in [0, 0.1) is 0 Å². The molecule has 2 aromatic carbocycles. The lowest BCUT2D eigenvalue weighted by molar-refractivity contribution is 0.0601. The van der Waals surface area contributed by atoms with Crippen LogP contribution >= 0.6 is 15.9 Å². The van der Waals surface area contributed by atoms with Crippen molar-refractivity contribution in [1.29, 1.82) is 0 Å². The third-order valence-electron chi connectivity index (χ3n) is 3.09. The van der Waals surface area contributed by atoms with Gasteiger partial charge in [0.1, 0.15) is 10.3 Å². The second kappa shape index (κ2) is 7.65. The molecule has 0 fully saturated rings. The molecule has 116 valence electrons. The van der Waals surface area contributed by atoms with Gasteiger partial charge in [0.05, 0.1) is 23.7 Å². The van der Waals surface area contributed by atoms with E-state index in [0.717, 1.165) is 16.8 Å². The summed E-state index contributed by atoms with van der Waals surface area (Å²) in [7, 11) is 1.35. The molecule has 0 radical (unpaired) electrons. The van der Waals surface area contributed by atoms with Crippen molar-refractivity contribution >= 4 is 32.9 Å². The Morgan fingerprint density at radius 1 is 1.04 bits per heavy atom. The molecular formula is C18H15BrN2O2. The standard InChI is InChI=1S/C16H11BrN2O2.C2H4/c1-21-16(20)11-7-8-12-13(9-11)19-15(17)14(18-12)10-5-3-2-4-6-10;1-2/h2-9H,1H3;1-2H2. The van der Waals surface area contributed by atoms with Gasteiger partial charge in [-0.15, -0.1) is 13.2 Å². The minimum Gasteiger partial charge on any atom is -0.465 e. The number of fused-ring (bicyclic) bond motifs is 1. The summed E-state index contributed by atoms with van der Waals surface area (Å²) in [5, 5.41) is 0. The van der Waals surface area contributed by atoms with Crippen LogP contribution in [0.15, 0.2) is 66.3 Å². The van der Waals surface area contributed by atoms with Gasteiger partial charge in [-0.05, 0) is 34.1 Å². The summed E-state index contributed by atoms with van der Waals surface area (Å²) in [6.07, 6.45) is 0. The summed E-state index contributed by atoms with van der Waals surface area (Å²) < 4.78 is 5.35. The molecule has 3 aromatic rings. The maximum atomic E-state index is 11.5. The van der Waals surface area contributed by atoms with E-state index in [-0.39, 0.29) is 5.97 Å². The first kappa shape index (κ1) is 16.8. The molecule has 0 aliphatic carbocycles. The van der Waals surface area contributed by atoms with Crippen molar-refractivity contribution in [2.24, 2.45) is 0 Å². The maximum absolute atomic E-state index is 11.5. The number of ether oxygens (including phenoxy) is 1. The first-order valence-electron chi connectivity index (χ1n) is 6.80. The molecule has 0 spiro atoms. The van der Waals surface area contributed by atoms with Crippen molar-refractivity contribution in [3.8, 4) is 11.3 Å². The quantitative estimate of drug-likeness (QED) is 0.486. The normalized spacial score (nSPS) is 9.83. The molecule has 0 aliphatic rings. The number of nitrogens with zero attached hydrogens (tertiary/aromatic N) is 2. The molecule has 4 nitrogen and oxygen atoms in total. The van der Waals surface area contributed by atoms with Crippen LogP contribution in [-0.2, 0) is 4.74 Å². The van der Waals surface area contributed by atoms with Gasteiger partial charge in [-0.1, -0.05) is 30.3 Å². The molecule has 3 rings (SSSR count). The fourth-order valence-corrected chi connectivity index (χ4v) is 2.57. The molecule has 0 atom stereocenters. The van der Waals surface area contributed by atoms with Crippen LogP contribution in [0.2, 0.25) is 0 Å². The fourth-order valence-electron chi connectivity index (χ4n) is 2.06. The van der Waals surface area contributed by atoms with Crippen LogP contribution in [0.4, 0.5) is 0 Å². The molecule has 0 unspecified atom stereocenters. The van der Waals surface area contributed by atoms with E-state index in [4.69, 9.17) is 4.74 Å². The number of hydrogen-bond donors (Lipinski definition) is 0. The maximum Gasteiger partial charge on any atom is 0.337 e. The third-order valence-corrected chi connectivity index (χ3v) is 3.64. The average Bonchev–Trinajstić information content (AvgIpc) is 2.62. The zero-order valence-corrected chi connectivity index (χ0v) is 14.2. The zero-order valence-electron chi connectivity index (χ0n) is 12.6. The van der Waals surface area contributed by atoms with Crippen molar-refractivity contribution in [1.82, 2.24) is 9.97 Å². The lowest BCUT2D eigenvalue weighted by atomic mass is 10.1. The molecule has 1 heterocycles. The Bertz CT molecular complexity index is 835. The Kier molecular flexibility index (Phi) is 5.60. The van der Waals surface area contributed by atoms with Crippen molar-refractivity contribution in [3.05, 3.63) is 71.9 Å². The summed E-state index contributed by atoms with van der Waals surface area (Å²) >= 11 is 3.44. The summed E-state index contributed by atoms with van der Waals surface area (Å²) in [4.78, 5) is 20.6. The second-order valence-electron chi connectivity index (χ2n) is 4.42. The third kappa shape index (κ3) is 3.63. The highest BCUT2D eigenvalue weighted by Crippen LogP contribution is 2.27. The van der Waals surface area contributed by atoms with E-state index in [2.05, 4.69) is 39.1 Å². The van der Waals surface area contributed by atoms with Crippen LogP contribution in [0.25, 0.3) is 22.3 Å². The molecule has 1 aromatic heterocycles. The number of halogens is 1. The molecule has 0 saturated heterocycles. The second-order valence-corrected chi connectivity index (χ2v) is 5.18. The number of esters is 1. The number of carbonyl (C=O) groups is 1. The summed E-state index contributed by atoms with van der Waals surface area (Å²) in [5.74, 6) is -0.387. The smallest absolute Gasteiger partial charge is 0.337 e. The Labute approximate surface area is 143 Å². The van der Waals surface area contributed by atoms with Crippen molar-refractivity contribution in [3.63, 3.8) is 0 Å². The van der Waals surface area contributed by atoms with Gasteiger partial charge in [0.2, 0.25) is 0 Å². The molecule has 0 saturated carbocycles. The van der Waals surface area contributed by atoms with Gasteiger partial charge in [0.15, 0.2) is 0 Å². The number of aromatic nitrogens is 2. The van der Waals surface area contributed by atoms with Crippen LogP contribution in [0.5, 0.6) is 0 Å². The Hall–Kier alpha value is -2.53. The number of rotatable bonds is 2. The summed E-state index contributed by atoms with van der Waals surface area (Å²) in [5.41, 5.74) is 3.58. The highest BCUT2D eigenvalue weighted by atomic mass is 79.9. The Morgan fingerprint density at radius 3 is 2.39 bits per heavy atom. The topological polar surface area (TPSA) is 52.1 Å². The Balaban J connectivity index is 0.000000924. The monoisotopic (exact) mass is 370 g/mol.